The number of hydrogen-bond acceptors (Lipinski definition) is 1. The average Bonchev–Trinajstić information content (AvgIpc) is 3.89. The van der Waals surface area contributed by atoms with E-state index in [2.05, 4.69) is 177 Å². The first-order valence-corrected chi connectivity index (χ1v) is 19.3. The molecule has 3 unspecified atom stereocenters. The molecule has 3 aliphatic rings. The Labute approximate surface area is 308 Å². The molecule has 10 rings (SSSR count). The van der Waals surface area contributed by atoms with E-state index in [4.69, 9.17) is 0 Å². The van der Waals surface area contributed by atoms with Crippen LogP contribution in [0.4, 0.5) is 17.1 Å². The van der Waals surface area contributed by atoms with E-state index < -0.39 is 0 Å². The minimum Gasteiger partial charge on any atom is -0.310 e. The maximum Gasteiger partial charge on any atom is 0.0546 e. The topological polar surface area (TPSA) is 3.24 Å². The van der Waals surface area contributed by atoms with E-state index in [1.807, 2.05) is 0 Å². The highest BCUT2D eigenvalue weighted by atomic mass is 15.1. The van der Waals surface area contributed by atoms with Crippen molar-refractivity contribution in [3.8, 4) is 33.4 Å². The standard InChI is InChI=1S/C51H45N/c1-33-10-9-15-46-49(33)44-28-27-42(32-47(44)51(46,2)3)52(48-29-24-37-11-7-8-14-43(37)50(48)39-12-5-4-6-13-39)41-25-22-36(23-26-41)35-18-20-38(21-19-35)45-31-34-16-17-40(45)30-34/h4-15,18-29,32,34,40,45H,16-17,30-31H2,1-3H3. The monoisotopic (exact) mass is 671 g/mol. The number of rotatable bonds is 6. The zero-order valence-corrected chi connectivity index (χ0v) is 30.4. The summed E-state index contributed by atoms with van der Waals surface area (Å²) in [6.07, 6.45) is 5.71. The Bertz CT molecular complexity index is 2450. The van der Waals surface area contributed by atoms with Gasteiger partial charge in [-0.15, -0.1) is 0 Å². The number of hydrogen-bond donors (Lipinski definition) is 0. The van der Waals surface area contributed by atoms with Crippen molar-refractivity contribution < 1.29 is 0 Å². The summed E-state index contributed by atoms with van der Waals surface area (Å²) in [4.78, 5) is 2.49. The minimum absolute atomic E-state index is 0.0991. The van der Waals surface area contributed by atoms with E-state index in [0.29, 0.717) is 0 Å². The summed E-state index contributed by atoms with van der Waals surface area (Å²) in [5.74, 6) is 2.63. The Morgan fingerprint density at radius 1 is 0.558 bits per heavy atom. The van der Waals surface area contributed by atoms with Crippen molar-refractivity contribution in [3.63, 3.8) is 0 Å². The molecule has 2 saturated carbocycles. The van der Waals surface area contributed by atoms with Gasteiger partial charge in [0, 0.05) is 22.4 Å². The molecule has 0 heterocycles. The molecule has 7 aromatic rings. The summed E-state index contributed by atoms with van der Waals surface area (Å²) in [5.41, 5.74) is 16.8. The number of fused-ring (bicyclic) bond motifs is 6. The third-order valence-corrected chi connectivity index (χ3v) is 12.9. The van der Waals surface area contributed by atoms with Gasteiger partial charge >= 0.3 is 0 Å². The average molecular weight is 672 g/mol. The van der Waals surface area contributed by atoms with Crippen LogP contribution >= 0.6 is 0 Å². The van der Waals surface area contributed by atoms with E-state index in [-0.39, 0.29) is 5.41 Å². The first-order chi connectivity index (χ1) is 25.4. The Hall–Kier alpha value is -5.40. The number of aryl methyl sites for hydroxylation is 1. The Balaban J connectivity index is 1.11. The molecule has 2 bridgehead atoms. The molecule has 0 amide bonds. The van der Waals surface area contributed by atoms with Crippen LogP contribution in [0, 0.1) is 18.8 Å². The number of nitrogens with zero attached hydrogens (tertiary/aromatic N) is 1. The Morgan fingerprint density at radius 2 is 1.29 bits per heavy atom. The van der Waals surface area contributed by atoms with Crippen LogP contribution < -0.4 is 4.90 Å². The SMILES string of the molecule is Cc1cccc2c1-c1ccc(N(c3ccc(-c4ccc(C5CC6CCC5C6)cc4)cc3)c3ccc4ccccc4c3-c3ccccc3)cc1C2(C)C. The fraction of sp³-hybridized carbons (Fsp3) is 0.216. The summed E-state index contributed by atoms with van der Waals surface area (Å²) in [6, 6.07) is 57.1. The molecule has 3 atom stereocenters. The second-order valence-corrected chi connectivity index (χ2v) is 16.2. The van der Waals surface area contributed by atoms with Gasteiger partial charge in [-0.3, -0.25) is 0 Å². The normalized spacial score (nSPS) is 19.5. The van der Waals surface area contributed by atoms with E-state index in [1.54, 1.807) is 5.56 Å². The van der Waals surface area contributed by atoms with Gasteiger partial charge in [0.1, 0.15) is 0 Å². The van der Waals surface area contributed by atoms with Gasteiger partial charge in [-0.1, -0.05) is 142 Å². The second kappa shape index (κ2) is 12.1. The third-order valence-electron chi connectivity index (χ3n) is 12.9. The molecule has 0 spiro atoms. The lowest BCUT2D eigenvalue weighted by molar-refractivity contribution is 0.420. The molecule has 0 saturated heterocycles. The minimum atomic E-state index is -0.0991. The molecular weight excluding hydrogens is 627 g/mol. The number of benzene rings is 7. The largest absolute Gasteiger partial charge is 0.310 e. The molecule has 7 aromatic carbocycles. The van der Waals surface area contributed by atoms with Gasteiger partial charge in [0.05, 0.1) is 5.69 Å². The van der Waals surface area contributed by atoms with E-state index in [1.165, 1.54) is 97.9 Å². The van der Waals surface area contributed by atoms with Gasteiger partial charge in [0.25, 0.3) is 0 Å². The van der Waals surface area contributed by atoms with Crippen molar-refractivity contribution >= 4 is 27.8 Å². The summed E-state index contributed by atoms with van der Waals surface area (Å²) in [5, 5.41) is 2.50. The van der Waals surface area contributed by atoms with Crippen molar-refractivity contribution in [2.45, 2.75) is 57.8 Å². The highest BCUT2D eigenvalue weighted by molar-refractivity contribution is 6.05. The maximum atomic E-state index is 2.49. The van der Waals surface area contributed by atoms with Crippen LogP contribution in [0.5, 0.6) is 0 Å². The fourth-order valence-electron chi connectivity index (χ4n) is 10.3. The zero-order valence-electron chi connectivity index (χ0n) is 30.4. The quantitative estimate of drug-likeness (QED) is 0.170. The summed E-state index contributed by atoms with van der Waals surface area (Å²) < 4.78 is 0. The van der Waals surface area contributed by atoms with Crippen molar-refractivity contribution in [3.05, 3.63) is 174 Å². The molecule has 0 N–H and O–H groups in total. The van der Waals surface area contributed by atoms with E-state index in [9.17, 15) is 0 Å². The summed E-state index contributed by atoms with van der Waals surface area (Å²) in [6.45, 7) is 7.01. The van der Waals surface area contributed by atoms with Gasteiger partial charge < -0.3 is 4.90 Å². The van der Waals surface area contributed by atoms with Crippen molar-refractivity contribution in [1.82, 2.24) is 0 Å². The third kappa shape index (κ3) is 4.97. The first-order valence-electron chi connectivity index (χ1n) is 19.3. The highest BCUT2D eigenvalue weighted by Crippen LogP contribution is 2.54. The van der Waals surface area contributed by atoms with Crippen LogP contribution in [0.1, 0.15) is 67.7 Å². The van der Waals surface area contributed by atoms with Crippen molar-refractivity contribution in [2.75, 3.05) is 4.90 Å². The highest BCUT2D eigenvalue weighted by Gasteiger charge is 2.40. The fourth-order valence-corrected chi connectivity index (χ4v) is 10.3. The summed E-state index contributed by atoms with van der Waals surface area (Å²) in [7, 11) is 0. The van der Waals surface area contributed by atoms with Gasteiger partial charge in [-0.05, 0) is 135 Å². The first kappa shape index (κ1) is 31.3. The lowest BCUT2D eigenvalue weighted by Crippen LogP contribution is -2.17. The molecular formula is C51H45N. The Morgan fingerprint density at radius 3 is 2.04 bits per heavy atom. The molecule has 0 aromatic heterocycles. The van der Waals surface area contributed by atoms with Crippen LogP contribution in [0.2, 0.25) is 0 Å². The summed E-state index contributed by atoms with van der Waals surface area (Å²) >= 11 is 0. The molecule has 0 aliphatic heterocycles. The van der Waals surface area contributed by atoms with Crippen molar-refractivity contribution in [1.29, 1.82) is 0 Å². The van der Waals surface area contributed by atoms with Gasteiger partial charge in [0.15, 0.2) is 0 Å². The van der Waals surface area contributed by atoms with Crippen LogP contribution in [-0.4, -0.2) is 0 Å². The molecule has 1 nitrogen and oxygen atoms in total. The van der Waals surface area contributed by atoms with E-state index >= 15 is 0 Å². The predicted octanol–water partition coefficient (Wildman–Crippen LogP) is 14.2. The smallest absolute Gasteiger partial charge is 0.0546 e. The Kier molecular flexibility index (Phi) is 7.29. The molecule has 0 radical (unpaired) electrons. The van der Waals surface area contributed by atoms with Gasteiger partial charge in [0.2, 0.25) is 0 Å². The molecule has 1 heteroatoms. The molecule has 254 valence electrons. The lowest BCUT2D eigenvalue weighted by atomic mass is 9.82. The zero-order chi connectivity index (χ0) is 35.0. The van der Waals surface area contributed by atoms with Crippen LogP contribution in [0.25, 0.3) is 44.2 Å². The second-order valence-electron chi connectivity index (χ2n) is 16.2. The van der Waals surface area contributed by atoms with Gasteiger partial charge in [-0.25, -0.2) is 0 Å². The lowest BCUT2D eigenvalue weighted by Gasteiger charge is -2.30. The van der Waals surface area contributed by atoms with Crippen LogP contribution in [0.15, 0.2) is 152 Å². The number of anilines is 3. The molecule has 2 fully saturated rings. The van der Waals surface area contributed by atoms with E-state index in [0.717, 1.165) is 23.4 Å². The van der Waals surface area contributed by atoms with Gasteiger partial charge in [-0.2, -0.15) is 0 Å². The maximum absolute atomic E-state index is 2.49. The predicted molar refractivity (Wildman–Crippen MR) is 220 cm³/mol. The van der Waals surface area contributed by atoms with Crippen LogP contribution in [-0.2, 0) is 5.41 Å². The molecule has 52 heavy (non-hydrogen) atoms. The van der Waals surface area contributed by atoms with Crippen LogP contribution in [0.3, 0.4) is 0 Å². The van der Waals surface area contributed by atoms with Crippen molar-refractivity contribution in [2.24, 2.45) is 11.8 Å². The molecule has 3 aliphatic carbocycles.